The first kappa shape index (κ1) is 24.7. The van der Waals surface area contributed by atoms with Crippen LogP contribution in [0.1, 0.15) is 17.3 Å². The molecule has 4 rings (SSSR count). The zero-order valence-electron chi connectivity index (χ0n) is 18.8. The molecule has 1 heterocycles. The van der Waals surface area contributed by atoms with Crippen molar-refractivity contribution in [1.29, 1.82) is 0 Å². The molecule has 1 aromatic heterocycles. The molecule has 1 N–H and O–H groups in total. The van der Waals surface area contributed by atoms with E-state index in [9.17, 15) is 13.2 Å². The number of ether oxygens (including phenoxy) is 1. The van der Waals surface area contributed by atoms with Crippen molar-refractivity contribution in [2.45, 2.75) is 18.4 Å². The van der Waals surface area contributed by atoms with Crippen LogP contribution in [0.4, 0.5) is 5.69 Å². The number of sulfonamides is 1. The maximum absolute atomic E-state index is 12.9. The fourth-order valence-electron chi connectivity index (χ4n) is 3.36. The van der Waals surface area contributed by atoms with Crippen molar-refractivity contribution in [3.63, 3.8) is 0 Å². The number of benzene rings is 3. The van der Waals surface area contributed by atoms with Crippen LogP contribution in [0.25, 0.3) is 10.2 Å². The van der Waals surface area contributed by atoms with Crippen molar-refractivity contribution in [2.75, 3.05) is 11.3 Å². The van der Waals surface area contributed by atoms with Gasteiger partial charge in [-0.3, -0.25) is 9.52 Å². The highest BCUT2D eigenvalue weighted by Crippen LogP contribution is 2.24. The molecule has 0 unspecified atom stereocenters. The van der Waals surface area contributed by atoms with Gasteiger partial charge in [0.05, 0.1) is 21.7 Å². The molecular formula is C25H22ClN3O4S2. The lowest BCUT2D eigenvalue weighted by Crippen LogP contribution is -2.16. The Labute approximate surface area is 212 Å². The van der Waals surface area contributed by atoms with E-state index in [1.54, 1.807) is 6.08 Å². The molecule has 0 saturated heterocycles. The normalized spacial score (nSPS) is 12.0. The summed E-state index contributed by atoms with van der Waals surface area (Å²) < 4.78 is 36.1. The van der Waals surface area contributed by atoms with Gasteiger partial charge in [0, 0.05) is 22.8 Å². The number of aromatic nitrogens is 1. The number of halogens is 1. The molecule has 0 aliphatic rings. The maximum atomic E-state index is 12.9. The summed E-state index contributed by atoms with van der Waals surface area (Å²) in [6.07, 6.45) is 1.74. The first-order valence-electron chi connectivity index (χ1n) is 10.7. The zero-order chi connectivity index (χ0) is 25.0. The van der Waals surface area contributed by atoms with Crippen LogP contribution in [0.3, 0.4) is 0 Å². The molecule has 7 nitrogen and oxygen atoms in total. The van der Waals surface area contributed by atoms with Crippen molar-refractivity contribution < 1.29 is 17.9 Å². The van der Waals surface area contributed by atoms with E-state index >= 15 is 0 Å². The van der Waals surface area contributed by atoms with Gasteiger partial charge < -0.3 is 9.30 Å². The summed E-state index contributed by atoms with van der Waals surface area (Å²) in [5, 5.41) is 0.443. The number of anilines is 1. The molecule has 4 aromatic rings. The lowest BCUT2D eigenvalue weighted by molar-refractivity contribution is 0.0998. The average Bonchev–Trinajstić information content (AvgIpc) is 3.16. The molecule has 180 valence electrons. The van der Waals surface area contributed by atoms with Crippen LogP contribution in [-0.4, -0.2) is 25.5 Å². The zero-order valence-corrected chi connectivity index (χ0v) is 21.2. The van der Waals surface area contributed by atoms with Crippen molar-refractivity contribution in [3.8, 4) is 5.75 Å². The fourth-order valence-corrected chi connectivity index (χ4v) is 5.61. The second-order valence-electron chi connectivity index (χ2n) is 7.40. The van der Waals surface area contributed by atoms with Gasteiger partial charge in [-0.05, 0) is 73.7 Å². The minimum Gasteiger partial charge on any atom is -0.494 e. The fraction of sp³-hybridized carbons (Fsp3) is 0.120. The summed E-state index contributed by atoms with van der Waals surface area (Å²) in [5.41, 5.74) is 1.58. The molecule has 0 atom stereocenters. The molecule has 0 spiro atoms. The number of fused-ring (bicyclic) bond motifs is 1. The van der Waals surface area contributed by atoms with E-state index in [0.717, 1.165) is 16.0 Å². The Kier molecular flexibility index (Phi) is 7.39. The first-order valence-corrected chi connectivity index (χ1v) is 13.3. The van der Waals surface area contributed by atoms with E-state index in [1.165, 1.54) is 59.9 Å². The first-order chi connectivity index (χ1) is 16.8. The standard InChI is InChI=1S/C25H22ClN3O4S2/c1-3-15-29-22-14-11-20(33-4-2)16-23(22)34-25(29)27-24(30)17-5-9-19(10-6-17)28-35(31,32)21-12-7-18(26)8-13-21/h3,5-14,16,28H,1,4,15H2,2H3. The minimum atomic E-state index is -3.78. The van der Waals surface area contributed by atoms with Crippen LogP contribution in [0.2, 0.25) is 5.02 Å². The van der Waals surface area contributed by atoms with Gasteiger partial charge in [0.25, 0.3) is 15.9 Å². The van der Waals surface area contributed by atoms with Crippen LogP contribution < -0.4 is 14.3 Å². The van der Waals surface area contributed by atoms with Crippen LogP contribution in [-0.2, 0) is 16.6 Å². The Bertz CT molecular complexity index is 1560. The average molecular weight is 528 g/mol. The van der Waals surface area contributed by atoms with E-state index in [0.29, 0.717) is 34.2 Å². The van der Waals surface area contributed by atoms with Crippen molar-refractivity contribution >= 4 is 54.8 Å². The number of allylic oxidation sites excluding steroid dienone is 1. The molecule has 0 bridgehead atoms. The lowest BCUT2D eigenvalue weighted by atomic mass is 10.2. The van der Waals surface area contributed by atoms with Gasteiger partial charge in [-0.2, -0.15) is 4.99 Å². The van der Waals surface area contributed by atoms with Gasteiger partial charge in [-0.15, -0.1) is 6.58 Å². The Hall–Kier alpha value is -3.40. The predicted molar refractivity (Wildman–Crippen MR) is 140 cm³/mol. The maximum Gasteiger partial charge on any atom is 0.279 e. The van der Waals surface area contributed by atoms with E-state index in [4.69, 9.17) is 16.3 Å². The van der Waals surface area contributed by atoms with Crippen LogP contribution in [0, 0.1) is 0 Å². The third kappa shape index (κ3) is 5.64. The SMILES string of the molecule is C=CCn1c(=NC(=O)c2ccc(NS(=O)(=O)c3ccc(Cl)cc3)cc2)sc2cc(OCC)ccc21. The third-order valence-corrected chi connectivity index (χ3v) is 7.67. The van der Waals surface area contributed by atoms with Gasteiger partial charge in [-0.1, -0.05) is 29.0 Å². The molecule has 35 heavy (non-hydrogen) atoms. The lowest BCUT2D eigenvalue weighted by Gasteiger charge is -2.08. The minimum absolute atomic E-state index is 0.0843. The van der Waals surface area contributed by atoms with Crippen molar-refractivity contribution in [3.05, 3.63) is 94.8 Å². The number of rotatable bonds is 8. The van der Waals surface area contributed by atoms with Crippen molar-refractivity contribution in [2.24, 2.45) is 4.99 Å². The number of nitrogens with zero attached hydrogens (tertiary/aromatic N) is 2. The van der Waals surface area contributed by atoms with Crippen LogP contribution >= 0.6 is 22.9 Å². The van der Waals surface area contributed by atoms with E-state index in [2.05, 4.69) is 16.3 Å². The Balaban J connectivity index is 1.60. The predicted octanol–water partition coefficient (Wildman–Crippen LogP) is 5.48. The summed E-state index contributed by atoms with van der Waals surface area (Å²) >= 11 is 7.21. The third-order valence-electron chi connectivity index (χ3n) is 4.98. The number of hydrogen-bond donors (Lipinski definition) is 1. The highest BCUT2D eigenvalue weighted by atomic mass is 35.5. The Morgan fingerprint density at radius 1 is 1.14 bits per heavy atom. The highest BCUT2D eigenvalue weighted by molar-refractivity contribution is 7.92. The number of thiazole rings is 1. The second-order valence-corrected chi connectivity index (χ2v) is 10.5. The number of carbonyl (C=O) groups is 1. The topological polar surface area (TPSA) is 89.8 Å². The summed E-state index contributed by atoms with van der Waals surface area (Å²) in [6.45, 7) is 6.78. The molecule has 0 aliphatic heterocycles. The van der Waals surface area contributed by atoms with Gasteiger partial charge in [-0.25, -0.2) is 8.42 Å². The number of amides is 1. The molecule has 0 radical (unpaired) electrons. The van der Waals surface area contributed by atoms with E-state index in [1.807, 2.05) is 29.7 Å². The molecule has 0 fully saturated rings. The number of carbonyl (C=O) groups excluding carboxylic acids is 1. The second kappa shape index (κ2) is 10.5. The molecule has 0 aliphatic carbocycles. The molecule has 3 aromatic carbocycles. The number of nitrogens with one attached hydrogen (secondary N) is 1. The highest BCUT2D eigenvalue weighted by Gasteiger charge is 2.15. The van der Waals surface area contributed by atoms with Gasteiger partial charge in [0.1, 0.15) is 5.75 Å². The summed E-state index contributed by atoms with van der Waals surface area (Å²) in [7, 11) is -3.78. The molecule has 1 amide bonds. The van der Waals surface area contributed by atoms with Crippen LogP contribution in [0.5, 0.6) is 5.75 Å². The monoisotopic (exact) mass is 527 g/mol. The molecule has 10 heteroatoms. The largest absolute Gasteiger partial charge is 0.494 e. The summed E-state index contributed by atoms with van der Waals surface area (Å²) in [6, 6.07) is 17.7. The van der Waals surface area contributed by atoms with Gasteiger partial charge in [0.2, 0.25) is 0 Å². The summed E-state index contributed by atoms with van der Waals surface area (Å²) in [4.78, 5) is 17.8. The smallest absolute Gasteiger partial charge is 0.279 e. The quantitative estimate of drug-likeness (QED) is 0.307. The molecule has 0 saturated carbocycles. The summed E-state index contributed by atoms with van der Waals surface area (Å²) in [5.74, 6) is 0.313. The van der Waals surface area contributed by atoms with E-state index < -0.39 is 15.9 Å². The van der Waals surface area contributed by atoms with E-state index in [-0.39, 0.29) is 4.90 Å². The Morgan fingerprint density at radius 3 is 2.51 bits per heavy atom. The molecular weight excluding hydrogens is 506 g/mol. The van der Waals surface area contributed by atoms with Gasteiger partial charge in [0.15, 0.2) is 4.80 Å². The van der Waals surface area contributed by atoms with Crippen molar-refractivity contribution in [1.82, 2.24) is 4.57 Å². The van der Waals surface area contributed by atoms with Crippen LogP contribution in [0.15, 0.2) is 89.3 Å². The Morgan fingerprint density at radius 2 is 1.86 bits per heavy atom. The van der Waals surface area contributed by atoms with Gasteiger partial charge >= 0.3 is 0 Å². The number of hydrogen-bond acceptors (Lipinski definition) is 5.